The highest BCUT2D eigenvalue weighted by atomic mass is 16.8. The molecule has 334 valence electrons. The standard InChI is InChI=1S/C54H58O10/c1-55-53-52(61-37-45-30-18-7-19-31-45)50(59-35-43-26-14-5-15-27-43)49(47(62-53)39-57-33-41-22-10-3-11-23-41)64-54-51(60-36-44-28-16-6-17-29-44)48(58-34-42-24-12-4-13-25-42)46(63-54)38-56-32-40-20-8-2-9-21-40/h2-31,46-54H,32-39H2,1H3/t46-,47-,48-,49-,50+,51-,52-,53-,54+/m1/s1. The van der Waals surface area contributed by atoms with Crippen LogP contribution in [0.1, 0.15) is 33.4 Å². The van der Waals surface area contributed by atoms with Crippen molar-refractivity contribution in [1.82, 2.24) is 0 Å². The van der Waals surface area contributed by atoms with Gasteiger partial charge in [-0.3, -0.25) is 0 Å². The normalized spacial score (nSPS) is 24.4. The molecule has 0 bridgehead atoms. The van der Waals surface area contributed by atoms with Crippen LogP contribution < -0.4 is 0 Å². The van der Waals surface area contributed by atoms with Crippen LogP contribution in [0.2, 0.25) is 0 Å². The number of hydrogen-bond acceptors (Lipinski definition) is 10. The first-order chi connectivity index (χ1) is 31.7. The highest BCUT2D eigenvalue weighted by Crippen LogP contribution is 2.36. The van der Waals surface area contributed by atoms with Crippen LogP contribution in [0.4, 0.5) is 0 Å². The molecule has 2 aliphatic rings. The Balaban J connectivity index is 1.12. The molecule has 10 nitrogen and oxygen atoms in total. The maximum atomic E-state index is 7.27. The van der Waals surface area contributed by atoms with Gasteiger partial charge in [0.2, 0.25) is 0 Å². The smallest absolute Gasteiger partial charge is 0.187 e. The second kappa shape index (κ2) is 24.3. The molecule has 0 radical (unpaired) electrons. The topological polar surface area (TPSA) is 92.3 Å². The van der Waals surface area contributed by atoms with Gasteiger partial charge in [-0.2, -0.15) is 0 Å². The Morgan fingerprint density at radius 2 is 0.625 bits per heavy atom. The van der Waals surface area contributed by atoms with E-state index in [0.29, 0.717) is 33.0 Å². The molecule has 10 heteroatoms. The van der Waals surface area contributed by atoms with E-state index in [1.165, 1.54) is 0 Å². The largest absolute Gasteiger partial charge is 0.374 e. The number of benzene rings is 6. The first-order valence-corrected chi connectivity index (χ1v) is 22.0. The molecule has 2 saturated heterocycles. The van der Waals surface area contributed by atoms with Crippen molar-refractivity contribution in [2.45, 2.75) is 94.9 Å². The minimum atomic E-state index is -0.947. The summed E-state index contributed by atoms with van der Waals surface area (Å²) in [6, 6.07) is 60.3. The Morgan fingerprint density at radius 1 is 0.328 bits per heavy atom. The van der Waals surface area contributed by atoms with Crippen molar-refractivity contribution in [3.8, 4) is 0 Å². The van der Waals surface area contributed by atoms with Crippen LogP contribution in [0, 0.1) is 0 Å². The molecule has 64 heavy (non-hydrogen) atoms. The van der Waals surface area contributed by atoms with Crippen LogP contribution in [0.15, 0.2) is 182 Å². The predicted octanol–water partition coefficient (Wildman–Crippen LogP) is 9.24. The van der Waals surface area contributed by atoms with Gasteiger partial charge in [0.1, 0.15) is 42.7 Å². The van der Waals surface area contributed by atoms with Crippen LogP contribution in [0.3, 0.4) is 0 Å². The first kappa shape index (κ1) is 45.5. The third kappa shape index (κ3) is 13.0. The second-order valence-corrected chi connectivity index (χ2v) is 16.0. The van der Waals surface area contributed by atoms with Crippen molar-refractivity contribution in [2.24, 2.45) is 0 Å². The van der Waals surface area contributed by atoms with E-state index in [0.717, 1.165) is 33.4 Å². The van der Waals surface area contributed by atoms with Crippen LogP contribution in [-0.4, -0.2) is 75.6 Å². The summed E-state index contributed by atoms with van der Waals surface area (Å²) in [5.41, 5.74) is 6.10. The van der Waals surface area contributed by atoms with Crippen molar-refractivity contribution in [1.29, 1.82) is 0 Å². The fourth-order valence-corrected chi connectivity index (χ4v) is 8.00. The Kier molecular flexibility index (Phi) is 17.3. The molecule has 6 aromatic carbocycles. The van der Waals surface area contributed by atoms with Gasteiger partial charge in [-0.1, -0.05) is 182 Å². The third-order valence-corrected chi connectivity index (χ3v) is 11.3. The lowest BCUT2D eigenvalue weighted by Crippen LogP contribution is -2.62. The van der Waals surface area contributed by atoms with E-state index in [4.69, 9.17) is 47.4 Å². The summed E-state index contributed by atoms with van der Waals surface area (Å²) in [5, 5.41) is 0. The summed E-state index contributed by atoms with van der Waals surface area (Å²) in [5.74, 6) is 0. The zero-order valence-electron chi connectivity index (χ0n) is 36.3. The zero-order valence-corrected chi connectivity index (χ0v) is 36.3. The van der Waals surface area contributed by atoms with Gasteiger partial charge in [0.05, 0.1) is 52.9 Å². The highest BCUT2D eigenvalue weighted by molar-refractivity contribution is 5.18. The summed E-state index contributed by atoms with van der Waals surface area (Å²) in [7, 11) is 1.61. The molecule has 0 amide bonds. The molecule has 8 rings (SSSR count). The summed E-state index contributed by atoms with van der Waals surface area (Å²) >= 11 is 0. The molecular formula is C54H58O10. The van der Waals surface area contributed by atoms with Crippen molar-refractivity contribution in [3.63, 3.8) is 0 Å². The summed E-state index contributed by atoms with van der Waals surface area (Å²) in [4.78, 5) is 0. The summed E-state index contributed by atoms with van der Waals surface area (Å²) in [6.07, 6.45) is -6.51. The molecule has 0 aromatic heterocycles. The molecule has 2 heterocycles. The van der Waals surface area contributed by atoms with Gasteiger partial charge in [-0.25, -0.2) is 0 Å². The second-order valence-electron chi connectivity index (χ2n) is 16.0. The lowest BCUT2D eigenvalue weighted by molar-refractivity contribution is -0.343. The van der Waals surface area contributed by atoms with Crippen LogP contribution >= 0.6 is 0 Å². The molecule has 0 N–H and O–H groups in total. The van der Waals surface area contributed by atoms with Crippen LogP contribution in [0.5, 0.6) is 0 Å². The Hall–Kier alpha value is -5.08. The number of methoxy groups -OCH3 is 1. The van der Waals surface area contributed by atoms with Crippen LogP contribution in [-0.2, 0) is 87.0 Å². The summed E-state index contributed by atoms with van der Waals surface area (Å²) in [6.45, 7) is 2.36. The van der Waals surface area contributed by atoms with E-state index >= 15 is 0 Å². The quantitative estimate of drug-likeness (QED) is 0.0621. The Labute approximate surface area is 376 Å². The van der Waals surface area contributed by atoms with Crippen molar-refractivity contribution >= 4 is 0 Å². The lowest BCUT2D eigenvalue weighted by atomic mass is 9.97. The SMILES string of the molecule is CO[C@@H]1O[C@H](COCc2ccccc2)[C@@H](O[C@@H]2O[C@H](COCc3ccccc3)[C@@H](OCc3ccccc3)[C@H]2OCc2ccccc2)[C@H](OCc2ccccc2)[C@H]1OCc1ccccc1. The number of ether oxygens (including phenoxy) is 10. The van der Waals surface area contributed by atoms with Gasteiger partial charge in [-0.15, -0.1) is 0 Å². The van der Waals surface area contributed by atoms with E-state index in [1.54, 1.807) is 7.11 Å². The molecule has 6 aromatic rings. The van der Waals surface area contributed by atoms with Gasteiger partial charge >= 0.3 is 0 Å². The molecule has 0 spiro atoms. The monoisotopic (exact) mass is 866 g/mol. The summed E-state index contributed by atoms with van der Waals surface area (Å²) < 4.78 is 67.1. The molecular weight excluding hydrogens is 809 g/mol. The van der Waals surface area contributed by atoms with Crippen molar-refractivity contribution < 1.29 is 47.4 Å². The molecule has 9 atom stereocenters. The maximum absolute atomic E-state index is 7.27. The molecule has 2 aliphatic heterocycles. The van der Waals surface area contributed by atoms with Crippen molar-refractivity contribution in [2.75, 3.05) is 20.3 Å². The third-order valence-electron chi connectivity index (χ3n) is 11.3. The number of hydrogen-bond donors (Lipinski definition) is 0. The van der Waals surface area contributed by atoms with Gasteiger partial charge in [0.15, 0.2) is 12.6 Å². The molecule has 2 fully saturated rings. The van der Waals surface area contributed by atoms with Gasteiger partial charge in [0.25, 0.3) is 0 Å². The number of rotatable bonds is 23. The molecule has 0 unspecified atom stereocenters. The van der Waals surface area contributed by atoms with Gasteiger partial charge in [-0.05, 0) is 33.4 Å². The van der Waals surface area contributed by atoms with Crippen molar-refractivity contribution in [3.05, 3.63) is 215 Å². The fraction of sp³-hybridized carbons (Fsp3) is 0.333. The average Bonchev–Trinajstić information content (AvgIpc) is 3.68. The first-order valence-electron chi connectivity index (χ1n) is 22.0. The average molecular weight is 867 g/mol. The minimum Gasteiger partial charge on any atom is -0.374 e. The highest BCUT2D eigenvalue weighted by Gasteiger charge is 2.54. The van der Waals surface area contributed by atoms with Gasteiger partial charge < -0.3 is 47.4 Å². The lowest BCUT2D eigenvalue weighted by Gasteiger charge is -2.46. The Morgan fingerprint density at radius 3 is 1.00 bits per heavy atom. The van der Waals surface area contributed by atoms with Crippen LogP contribution in [0.25, 0.3) is 0 Å². The van der Waals surface area contributed by atoms with Gasteiger partial charge in [0, 0.05) is 7.11 Å². The fourth-order valence-electron chi connectivity index (χ4n) is 8.00. The van der Waals surface area contributed by atoms with E-state index in [1.807, 2.05) is 182 Å². The van der Waals surface area contributed by atoms with E-state index in [2.05, 4.69) is 0 Å². The predicted molar refractivity (Wildman–Crippen MR) is 241 cm³/mol. The van der Waals surface area contributed by atoms with E-state index < -0.39 is 55.3 Å². The minimum absolute atomic E-state index is 0.163. The maximum Gasteiger partial charge on any atom is 0.187 e. The van der Waals surface area contributed by atoms with E-state index in [9.17, 15) is 0 Å². The molecule has 0 saturated carbocycles. The van der Waals surface area contributed by atoms with E-state index in [-0.39, 0.29) is 19.8 Å². The Bertz CT molecular complexity index is 2170. The zero-order chi connectivity index (χ0) is 43.6. The molecule has 0 aliphatic carbocycles.